The summed E-state index contributed by atoms with van der Waals surface area (Å²) in [6.07, 6.45) is 0.709. The monoisotopic (exact) mass is 469 g/mol. The number of aromatic nitrogens is 1. The van der Waals surface area contributed by atoms with Gasteiger partial charge in [0, 0.05) is 18.5 Å². The van der Waals surface area contributed by atoms with Crippen LogP contribution in [0.25, 0.3) is 11.1 Å². The lowest BCUT2D eigenvalue weighted by molar-refractivity contribution is -0.141. The van der Waals surface area contributed by atoms with Crippen molar-refractivity contribution in [3.05, 3.63) is 69.7 Å². The predicted octanol–water partition coefficient (Wildman–Crippen LogP) is 3.11. The fraction of sp³-hybridized carbons (Fsp3) is 0.417. The Balaban J connectivity index is 0.000000162. The maximum Gasteiger partial charge on any atom is 0.417 e. The van der Waals surface area contributed by atoms with E-state index in [4.69, 9.17) is 12.3 Å². The molecule has 7 nitrogen and oxygen atoms in total. The van der Waals surface area contributed by atoms with Gasteiger partial charge < -0.3 is 19.7 Å². The van der Waals surface area contributed by atoms with E-state index in [9.17, 15) is 23.5 Å². The van der Waals surface area contributed by atoms with Crippen molar-refractivity contribution in [3.8, 4) is 0 Å². The van der Waals surface area contributed by atoms with Crippen molar-refractivity contribution in [2.24, 2.45) is 0 Å². The average molecular weight is 469 g/mol. The molecule has 2 radical (unpaired) electrons. The number of hydrogen-bond donors (Lipinski definition) is 3. The van der Waals surface area contributed by atoms with Crippen LogP contribution in [0.1, 0.15) is 54.7 Å². The average Bonchev–Trinajstić information content (AvgIpc) is 3.44. The van der Waals surface area contributed by atoms with Crippen molar-refractivity contribution >= 4 is 24.9 Å². The highest BCUT2D eigenvalue weighted by Crippen LogP contribution is 2.29. The molecule has 10 heteroatoms. The molecule has 34 heavy (non-hydrogen) atoms. The highest BCUT2D eigenvalue weighted by molar-refractivity contribution is 6.15. The Morgan fingerprint density at radius 2 is 1.82 bits per heavy atom. The predicted molar refractivity (Wildman–Crippen MR) is 124 cm³/mol. The van der Waals surface area contributed by atoms with Crippen LogP contribution in [0.15, 0.2) is 51.7 Å². The second-order valence-electron chi connectivity index (χ2n) is 8.59. The van der Waals surface area contributed by atoms with Gasteiger partial charge in [0.05, 0.1) is 5.52 Å². The number of aromatic amines is 1. The Morgan fingerprint density at radius 3 is 2.44 bits per heavy atom. The Kier molecular flexibility index (Phi) is 7.18. The van der Waals surface area contributed by atoms with Crippen LogP contribution in [0, 0.1) is 0 Å². The van der Waals surface area contributed by atoms with Gasteiger partial charge in [-0.05, 0) is 61.5 Å². The molecule has 3 N–H and O–H groups in total. The van der Waals surface area contributed by atoms with Crippen molar-refractivity contribution in [1.82, 2.24) is 15.2 Å². The van der Waals surface area contributed by atoms with Crippen LogP contribution < -0.4 is 11.1 Å². The first-order valence-corrected chi connectivity index (χ1v) is 11.3. The van der Waals surface area contributed by atoms with Crippen molar-refractivity contribution in [3.63, 3.8) is 0 Å². The maximum atomic E-state index is 12.4. The van der Waals surface area contributed by atoms with Crippen molar-refractivity contribution in [2.45, 2.75) is 43.7 Å². The van der Waals surface area contributed by atoms with Crippen LogP contribution in [0.5, 0.6) is 0 Å². The zero-order valence-corrected chi connectivity index (χ0v) is 18.6. The van der Waals surface area contributed by atoms with Crippen LogP contribution in [0.3, 0.4) is 0 Å². The molecule has 0 saturated carbocycles. The Labute approximate surface area is 196 Å². The summed E-state index contributed by atoms with van der Waals surface area (Å²) in [6.45, 7) is 2.50. The summed E-state index contributed by atoms with van der Waals surface area (Å²) in [7, 11) is 5.73. The Morgan fingerprint density at radius 1 is 1.12 bits per heavy atom. The van der Waals surface area contributed by atoms with Gasteiger partial charge in [0.1, 0.15) is 5.62 Å². The summed E-state index contributed by atoms with van der Waals surface area (Å²) >= 11 is 0. The number of halogens is 2. The van der Waals surface area contributed by atoms with Crippen molar-refractivity contribution in [1.29, 1.82) is 0 Å². The Hall–Kier alpha value is -2.98. The third kappa shape index (κ3) is 5.23. The zero-order valence-electron chi connectivity index (χ0n) is 18.6. The van der Waals surface area contributed by atoms with E-state index in [2.05, 4.69) is 16.4 Å². The topological polar surface area (TPSA) is 98.6 Å². The van der Waals surface area contributed by atoms with E-state index in [0.717, 1.165) is 36.3 Å². The first-order chi connectivity index (χ1) is 16.3. The molecular formula is C24H26BF2N3O4. The number of fused-ring (bicyclic) bond motifs is 1. The molecule has 3 aromatic rings. The molecule has 5 rings (SSSR count). The number of likely N-dealkylation sites (tertiary alicyclic amines) is 1. The molecule has 2 saturated heterocycles. The number of piperidine rings is 1. The van der Waals surface area contributed by atoms with Gasteiger partial charge in [0.2, 0.25) is 5.91 Å². The number of benzene rings is 2. The molecule has 1 atom stereocenters. The minimum atomic E-state index is -2.57. The zero-order chi connectivity index (χ0) is 24.3. The highest BCUT2D eigenvalue weighted by atomic mass is 19.3. The van der Waals surface area contributed by atoms with E-state index in [0.29, 0.717) is 30.9 Å². The quantitative estimate of drug-likeness (QED) is 0.511. The second kappa shape index (κ2) is 10.1. The van der Waals surface area contributed by atoms with Crippen LogP contribution in [0.2, 0.25) is 0 Å². The fourth-order valence-electron chi connectivity index (χ4n) is 4.41. The smallest absolute Gasteiger partial charge is 0.408 e. The first-order valence-electron chi connectivity index (χ1n) is 11.3. The number of oxazole rings is 1. The molecule has 2 aliphatic rings. The number of carbonyl (C=O) groups excluding carboxylic acids is 1. The fourth-order valence-corrected chi connectivity index (χ4v) is 4.41. The number of carbonyl (C=O) groups is 1. The molecule has 1 unspecified atom stereocenters. The van der Waals surface area contributed by atoms with Crippen molar-refractivity contribution < 1.29 is 23.1 Å². The van der Waals surface area contributed by atoms with E-state index >= 15 is 0 Å². The lowest BCUT2D eigenvalue weighted by Gasteiger charge is -2.35. The molecule has 1 amide bonds. The van der Waals surface area contributed by atoms with E-state index in [1.165, 1.54) is 29.8 Å². The number of alkyl halides is 2. The van der Waals surface area contributed by atoms with Gasteiger partial charge in [-0.25, -0.2) is 13.6 Å². The minimum Gasteiger partial charge on any atom is -0.408 e. The van der Waals surface area contributed by atoms with Gasteiger partial charge in [0.25, 0.3) is 6.43 Å². The summed E-state index contributed by atoms with van der Waals surface area (Å²) in [5.74, 6) is -0.0266. The summed E-state index contributed by atoms with van der Waals surface area (Å²) in [4.78, 5) is 26.4. The van der Waals surface area contributed by atoms with Crippen molar-refractivity contribution in [2.75, 3.05) is 19.6 Å². The summed E-state index contributed by atoms with van der Waals surface area (Å²) < 4.78 is 29.9. The number of aliphatic hydroxyl groups is 1. The maximum absolute atomic E-state index is 12.4. The van der Waals surface area contributed by atoms with Gasteiger partial charge in [-0.15, -0.1) is 0 Å². The molecule has 178 valence electrons. The lowest BCUT2D eigenvalue weighted by Crippen LogP contribution is -2.47. The van der Waals surface area contributed by atoms with Gasteiger partial charge in [-0.2, -0.15) is 0 Å². The summed E-state index contributed by atoms with van der Waals surface area (Å²) in [6, 6.07) is 11.0. The molecule has 2 aromatic carbocycles. The summed E-state index contributed by atoms with van der Waals surface area (Å²) in [5, 5.41) is 13.5. The molecule has 1 aromatic heterocycles. The van der Waals surface area contributed by atoms with Gasteiger partial charge in [0.15, 0.2) is 13.4 Å². The largest absolute Gasteiger partial charge is 0.417 e. The van der Waals surface area contributed by atoms with Crippen LogP contribution in [-0.4, -0.2) is 48.4 Å². The van der Waals surface area contributed by atoms with Crippen LogP contribution >= 0.6 is 0 Å². The lowest BCUT2D eigenvalue weighted by atomic mass is 9.82. The Bertz CT molecular complexity index is 1190. The number of hydrogen-bond acceptors (Lipinski definition) is 5. The molecule has 0 spiro atoms. The summed E-state index contributed by atoms with van der Waals surface area (Å²) in [5.41, 5.74) is 0.860. The third-order valence-corrected chi connectivity index (χ3v) is 6.33. The van der Waals surface area contributed by atoms with Gasteiger partial charge in [-0.3, -0.25) is 9.78 Å². The molecule has 0 aliphatic carbocycles. The SMILES string of the molecule is O=c1[nH]c2ccc(C3CCNCC3)cc2o1.[B]C(O)(c1ccc(C(F)F)cc1)N1CCCC1=O. The minimum absolute atomic E-state index is 0.151. The van der Waals surface area contributed by atoms with Crippen LogP contribution in [-0.2, 0) is 10.4 Å². The second-order valence-corrected chi connectivity index (χ2v) is 8.59. The number of nitrogens with one attached hydrogen (secondary N) is 2. The molecule has 0 bridgehead atoms. The first kappa shape index (κ1) is 24.2. The molecule has 2 fully saturated rings. The number of H-pyrrole nitrogens is 1. The standard InChI is InChI=1S/C12H12BF2NO2.C12H14N2O2/c13-12(18,16-7-1-2-10(16)17)9-5-3-8(4-6-9)11(14)15;15-12-14-10-2-1-9(7-11(10)16-12)8-3-5-13-6-4-8/h3-6,11,18H,1-2,7H2;1-2,7-8,13H,3-6H2,(H,14,15). The molecular weight excluding hydrogens is 443 g/mol. The third-order valence-electron chi connectivity index (χ3n) is 6.33. The van der Waals surface area contributed by atoms with E-state index < -0.39 is 12.0 Å². The van der Waals surface area contributed by atoms with Crippen LogP contribution in [0.4, 0.5) is 8.78 Å². The molecule has 2 aliphatic heterocycles. The van der Waals surface area contributed by atoms with E-state index in [-0.39, 0.29) is 22.8 Å². The van der Waals surface area contributed by atoms with E-state index in [1.807, 2.05) is 12.1 Å². The normalized spacial score (nSPS) is 18.7. The highest BCUT2D eigenvalue weighted by Gasteiger charge is 2.36. The number of nitrogens with zero attached hydrogens (tertiary/aromatic N) is 1. The van der Waals surface area contributed by atoms with E-state index in [1.54, 1.807) is 0 Å². The molecule has 3 heterocycles. The number of rotatable bonds is 4. The van der Waals surface area contributed by atoms with Gasteiger partial charge >= 0.3 is 5.76 Å². The number of amides is 1. The van der Waals surface area contributed by atoms with Gasteiger partial charge in [-0.1, -0.05) is 30.3 Å².